The highest BCUT2D eigenvalue weighted by molar-refractivity contribution is 6.33. The fraction of sp³-hybridized carbons (Fsp3) is 0.417. The predicted octanol–water partition coefficient (Wildman–Crippen LogP) is 3.38. The van der Waals surface area contributed by atoms with Crippen molar-refractivity contribution in [3.8, 4) is 17.2 Å². The average Bonchev–Trinajstić information content (AvgIpc) is 2.84. The first-order chi connectivity index (χ1) is 15.9. The molecule has 1 heterocycles. The summed E-state index contributed by atoms with van der Waals surface area (Å²) in [5, 5.41) is 0.540. The first kappa shape index (κ1) is 24.8. The molecule has 1 saturated heterocycles. The van der Waals surface area contributed by atoms with Crippen molar-refractivity contribution in [2.24, 2.45) is 0 Å². The first-order valence-corrected chi connectivity index (χ1v) is 10.9. The Morgan fingerprint density at radius 3 is 2.52 bits per heavy atom. The summed E-state index contributed by atoms with van der Waals surface area (Å²) in [5.74, 6) is 0.881. The van der Waals surface area contributed by atoms with Crippen LogP contribution in [-0.2, 0) is 20.8 Å². The molecule has 1 fully saturated rings. The lowest BCUT2D eigenvalue weighted by atomic mass is 10.1. The van der Waals surface area contributed by atoms with Crippen molar-refractivity contribution in [2.75, 3.05) is 47.6 Å². The van der Waals surface area contributed by atoms with Crippen LogP contribution in [0, 0.1) is 0 Å². The van der Waals surface area contributed by atoms with E-state index in [0.29, 0.717) is 54.1 Å². The third-order valence-electron chi connectivity index (χ3n) is 5.33. The van der Waals surface area contributed by atoms with Crippen LogP contribution in [-0.4, -0.2) is 70.4 Å². The molecule has 1 aliphatic rings. The van der Waals surface area contributed by atoms with Gasteiger partial charge < -0.3 is 23.7 Å². The summed E-state index contributed by atoms with van der Waals surface area (Å²) < 4.78 is 26.9. The number of nitrogens with zero attached hydrogens (tertiary/aromatic N) is 1. The van der Waals surface area contributed by atoms with Crippen LogP contribution in [0.15, 0.2) is 36.4 Å². The highest BCUT2D eigenvalue weighted by Gasteiger charge is 2.23. The van der Waals surface area contributed by atoms with Gasteiger partial charge in [-0.3, -0.25) is 14.5 Å². The molecule has 0 radical (unpaired) electrons. The molecule has 1 atom stereocenters. The van der Waals surface area contributed by atoms with Crippen LogP contribution in [0.5, 0.6) is 17.2 Å². The molecule has 3 rings (SSSR count). The van der Waals surface area contributed by atoms with Gasteiger partial charge in [-0.25, -0.2) is 0 Å². The van der Waals surface area contributed by atoms with Crippen molar-refractivity contribution in [3.05, 3.63) is 52.5 Å². The first-order valence-electron chi connectivity index (χ1n) is 10.5. The van der Waals surface area contributed by atoms with E-state index in [1.807, 2.05) is 12.1 Å². The van der Waals surface area contributed by atoms with E-state index in [1.165, 1.54) is 7.11 Å². The number of methoxy groups -OCH3 is 3. The third-order valence-corrected chi connectivity index (χ3v) is 5.74. The second-order valence-electron chi connectivity index (χ2n) is 7.51. The number of morpholine rings is 1. The monoisotopic (exact) mass is 477 g/mol. The SMILES string of the molecule is COC(=O)CC(=O)c1ccc(OCC2CN(Cc3ccc(OC)c(OC)c3Cl)CCO2)cc1. The summed E-state index contributed by atoms with van der Waals surface area (Å²) in [7, 11) is 4.40. The number of hydrogen-bond acceptors (Lipinski definition) is 8. The van der Waals surface area contributed by atoms with Crippen molar-refractivity contribution in [3.63, 3.8) is 0 Å². The van der Waals surface area contributed by atoms with E-state index in [0.717, 1.165) is 12.1 Å². The van der Waals surface area contributed by atoms with Crippen molar-refractivity contribution >= 4 is 23.4 Å². The number of carbonyl (C=O) groups is 2. The molecular weight excluding hydrogens is 450 g/mol. The molecule has 0 bridgehead atoms. The number of hydrogen-bond donors (Lipinski definition) is 0. The maximum Gasteiger partial charge on any atom is 0.313 e. The smallest absolute Gasteiger partial charge is 0.313 e. The lowest BCUT2D eigenvalue weighted by Gasteiger charge is -2.33. The van der Waals surface area contributed by atoms with Gasteiger partial charge in [-0.1, -0.05) is 17.7 Å². The number of benzene rings is 2. The van der Waals surface area contributed by atoms with Crippen LogP contribution in [0.1, 0.15) is 22.3 Å². The Balaban J connectivity index is 1.53. The van der Waals surface area contributed by atoms with Gasteiger partial charge in [0.15, 0.2) is 17.3 Å². The molecule has 2 aromatic carbocycles. The number of Topliss-reactive ketones (excluding diaryl/α,β-unsaturated/α-hetero) is 1. The summed E-state index contributed by atoms with van der Waals surface area (Å²) in [5.41, 5.74) is 1.38. The molecule has 0 saturated carbocycles. The molecule has 0 spiro atoms. The van der Waals surface area contributed by atoms with Gasteiger partial charge in [0, 0.05) is 25.2 Å². The quantitative estimate of drug-likeness (QED) is 0.292. The minimum Gasteiger partial charge on any atom is -0.493 e. The lowest BCUT2D eigenvalue weighted by molar-refractivity contribution is -0.139. The fourth-order valence-electron chi connectivity index (χ4n) is 3.55. The normalized spacial score (nSPS) is 16.2. The predicted molar refractivity (Wildman–Crippen MR) is 122 cm³/mol. The van der Waals surface area contributed by atoms with Gasteiger partial charge in [-0.05, 0) is 35.9 Å². The van der Waals surface area contributed by atoms with Crippen LogP contribution in [0.3, 0.4) is 0 Å². The zero-order chi connectivity index (χ0) is 23.8. The van der Waals surface area contributed by atoms with Crippen molar-refractivity contribution in [1.82, 2.24) is 4.90 Å². The molecule has 9 heteroatoms. The average molecular weight is 478 g/mol. The Hall–Kier alpha value is -2.81. The van der Waals surface area contributed by atoms with Crippen LogP contribution >= 0.6 is 11.6 Å². The van der Waals surface area contributed by atoms with E-state index in [1.54, 1.807) is 38.5 Å². The van der Waals surface area contributed by atoms with Gasteiger partial charge in [0.25, 0.3) is 0 Å². The Morgan fingerprint density at radius 2 is 1.85 bits per heavy atom. The number of carbonyl (C=O) groups excluding carboxylic acids is 2. The van der Waals surface area contributed by atoms with Gasteiger partial charge >= 0.3 is 5.97 Å². The van der Waals surface area contributed by atoms with E-state index >= 15 is 0 Å². The van der Waals surface area contributed by atoms with Gasteiger partial charge in [0.1, 0.15) is 24.9 Å². The summed E-state index contributed by atoms with van der Waals surface area (Å²) in [4.78, 5) is 25.5. The van der Waals surface area contributed by atoms with Crippen LogP contribution in [0.4, 0.5) is 0 Å². The Bertz CT molecular complexity index is 964. The molecule has 0 aliphatic carbocycles. The van der Waals surface area contributed by atoms with E-state index < -0.39 is 5.97 Å². The van der Waals surface area contributed by atoms with E-state index in [-0.39, 0.29) is 18.3 Å². The van der Waals surface area contributed by atoms with E-state index in [2.05, 4.69) is 9.64 Å². The second-order valence-corrected chi connectivity index (χ2v) is 7.89. The molecule has 2 aromatic rings. The number of ketones is 1. The maximum absolute atomic E-state index is 12.0. The summed E-state index contributed by atoms with van der Waals surface area (Å²) in [6, 6.07) is 10.5. The Kier molecular flexibility index (Phi) is 8.94. The molecule has 33 heavy (non-hydrogen) atoms. The van der Waals surface area contributed by atoms with Crippen molar-refractivity contribution in [2.45, 2.75) is 19.1 Å². The molecule has 1 aliphatic heterocycles. The second kappa shape index (κ2) is 11.9. The van der Waals surface area contributed by atoms with Gasteiger partial charge in [0.2, 0.25) is 0 Å². The number of halogens is 1. The van der Waals surface area contributed by atoms with Gasteiger partial charge in [-0.2, -0.15) is 0 Å². The zero-order valence-electron chi connectivity index (χ0n) is 19.0. The molecule has 1 unspecified atom stereocenters. The molecule has 8 nitrogen and oxygen atoms in total. The number of esters is 1. The minimum atomic E-state index is -0.561. The molecule has 178 valence electrons. The van der Waals surface area contributed by atoms with Gasteiger partial charge in [0.05, 0.1) is 33.0 Å². The highest BCUT2D eigenvalue weighted by atomic mass is 35.5. The fourth-order valence-corrected chi connectivity index (χ4v) is 3.84. The van der Waals surface area contributed by atoms with Crippen LogP contribution in [0.25, 0.3) is 0 Å². The van der Waals surface area contributed by atoms with E-state index in [4.69, 9.17) is 30.5 Å². The Morgan fingerprint density at radius 1 is 1.09 bits per heavy atom. The van der Waals surface area contributed by atoms with E-state index in [9.17, 15) is 9.59 Å². The maximum atomic E-state index is 12.0. The van der Waals surface area contributed by atoms with Crippen molar-refractivity contribution < 1.29 is 33.3 Å². The Labute approximate surface area is 198 Å². The topological polar surface area (TPSA) is 83.5 Å². The number of rotatable bonds is 10. The standard InChI is InChI=1S/C24H28ClNO7/c1-29-21-9-6-17(23(25)24(21)31-3)13-26-10-11-32-19(14-26)15-33-18-7-4-16(5-8-18)20(27)12-22(28)30-2/h4-9,19H,10-15H2,1-3H3. The minimum absolute atomic E-state index is 0.113. The zero-order valence-corrected chi connectivity index (χ0v) is 19.7. The third kappa shape index (κ3) is 6.60. The number of ether oxygens (including phenoxy) is 5. The van der Waals surface area contributed by atoms with Crippen LogP contribution in [0.2, 0.25) is 5.02 Å². The highest BCUT2D eigenvalue weighted by Crippen LogP contribution is 2.37. The summed E-state index contributed by atoms with van der Waals surface area (Å²) in [6.07, 6.45) is -0.398. The summed E-state index contributed by atoms with van der Waals surface area (Å²) >= 11 is 6.52. The summed E-state index contributed by atoms with van der Waals surface area (Å²) in [6.45, 7) is 3.06. The lowest BCUT2D eigenvalue weighted by Crippen LogP contribution is -2.44. The van der Waals surface area contributed by atoms with Crippen LogP contribution < -0.4 is 14.2 Å². The molecule has 0 N–H and O–H groups in total. The van der Waals surface area contributed by atoms with Crippen molar-refractivity contribution in [1.29, 1.82) is 0 Å². The van der Waals surface area contributed by atoms with Gasteiger partial charge in [-0.15, -0.1) is 0 Å². The molecule has 0 amide bonds. The molecule has 0 aromatic heterocycles. The largest absolute Gasteiger partial charge is 0.493 e. The molecular formula is C24H28ClNO7.